The minimum absolute atomic E-state index is 0.145. The number of amides is 1. The molecule has 148 valence electrons. The molecule has 5 nitrogen and oxygen atoms in total. The lowest BCUT2D eigenvalue weighted by Crippen LogP contribution is -2.25. The van der Waals surface area contributed by atoms with Gasteiger partial charge in [-0.25, -0.2) is 0 Å². The van der Waals surface area contributed by atoms with Gasteiger partial charge < -0.3 is 5.32 Å². The van der Waals surface area contributed by atoms with Gasteiger partial charge in [-0.1, -0.05) is 65.3 Å². The Labute approximate surface area is 182 Å². The van der Waals surface area contributed by atoms with E-state index in [1.54, 1.807) is 42.5 Å². The minimum atomic E-state index is -0.500. The van der Waals surface area contributed by atoms with Crippen molar-refractivity contribution >= 4 is 46.6 Å². The molecule has 1 N–H and O–H groups in total. The number of carbonyl (C=O) groups is 1. The quantitative estimate of drug-likeness (QED) is 0.355. The lowest BCUT2D eigenvalue weighted by atomic mass is 10.1. The van der Waals surface area contributed by atoms with Crippen LogP contribution in [0.1, 0.15) is 15.9 Å². The SMILES string of the molecule is O=C(NCCc1ccccc1Cl)c1ccc(Sc2ccccc2Cl)c([N+](=O)[O-])c1. The van der Waals surface area contributed by atoms with E-state index in [0.29, 0.717) is 32.8 Å². The predicted molar refractivity (Wildman–Crippen MR) is 116 cm³/mol. The molecule has 0 atom stereocenters. The van der Waals surface area contributed by atoms with Crippen LogP contribution in [0.15, 0.2) is 76.5 Å². The molecule has 29 heavy (non-hydrogen) atoms. The molecule has 1 amide bonds. The average molecular weight is 447 g/mol. The largest absolute Gasteiger partial charge is 0.352 e. The number of rotatable bonds is 7. The van der Waals surface area contributed by atoms with E-state index in [1.165, 1.54) is 17.8 Å². The number of hydrogen-bond acceptors (Lipinski definition) is 4. The Hall–Kier alpha value is -2.54. The topological polar surface area (TPSA) is 72.2 Å². The summed E-state index contributed by atoms with van der Waals surface area (Å²) < 4.78 is 0. The Morgan fingerprint density at radius 2 is 1.66 bits per heavy atom. The van der Waals surface area contributed by atoms with Gasteiger partial charge in [0.05, 0.1) is 14.8 Å². The van der Waals surface area contributed by atoms with Crippen LogP contribution in [0, 0.1) is 10.1 Å². The second-order valence-electron chi connectivity index (χ2n) is 6.07. The summed E-state index contributed by atoms with van der Waals surface area (Å²) in [5, 5.41) is 15.4. The number of benzene rings is 3. The summed E-state index contributed by atoms with van der Waals surface area (Å²) in [5.41, 5.74) is 1.000. The maximum Gasteiger partial charge on any atom is 0.284 e. The van der Waals surface area contributed by atoms with Gasteiger partial charge in [0, 0.05) is 28.1 Å². The van der Waals surface area contributed by atoms with Gasteiger partial charge in [-0.15, -0.1) is 0 Å². The molecule has 3 aromatic rings. The zero-order valence-corrected chi connectivity index (χ0v) is 17.4. The minimum Gasteiger partial charge on any atom is -0.352 e. The second-order valence-corrected chi connectivity index (χ2v) is 7.97. The molecule has 0 saturated carbocycles. The van der Waals surface area contributed by atoms with Crippen molar-refractivity contribution in [1.82, 2.24) is 5.32 Å². The van der Waals surface area contributed by atoms with Crippen molar-refractivity contribution in [2.24, 2.45) is 0 Å². The van der Waals surface area contributed by atoms with E-state index < -0.39 is 4.92 Å². The Bertz CT molecular complexity index is 1060. The lowest BCUT2D eigenvalue weighted by molar-refractivity contribution is -0.387. The Morgan fingerprint density at radius 3 is 2.34 bits per heavy atom. The van der Waals surface area contributed by atoms with Crippen LogP contribution in [-0.2, 0) is 6.42 Å². The summed E-state index contributed by atoms with van der Waals surface area (Å²) in [6.45, 7) is 0.368. The summed E-state index contributed by atoms with van der Waals surface area (Å²) in [6.07, 6.45) is 0.563. The van der Waals surface area contributed by atoms with E-state index in [0.717, 1.165) is 5.56 Å². The zero-order valence-electron chi connectivity index (χ0n) is 15.1. The Morgan fingerprint density at radius 1 is 0.966 bits per heavy atom. The van der Waals surface area contributed by atoms with E-state index in [-0.39, 0.29) is 17.2 Å². The molecule has 0 spiro atoms. The molecule has 0 aliphatic carbocycles. The van der Waals surface area contributed by atoms with E-state index in [1.807, 2.05) is 18.2 Å². The third-order valence-electron chi connectivity index (χ3n) is 4.11. The number of hydrogen-bond donors (Lipinski definition) is 1. The van der Waals surface area contributed by atoms with Gasteiger partial charge in [0.2, 0.25) is 0 Å². The first-order valence-corrected chi connectivity index (χ1v) is 10.3. The average Bonchev–Trinajstić information content (AvgIpc) is 2.71. The third kappa shape index (κ3) is 5.50. The smallest absolute Gasteiger partial charge is 0.284 e. The van der Waals surface area contributed by atoms with Crippen molar-refractivity contribution in [3.8, 4) is 0 Å². The number of halogens is 2. The highest BCUT2D eigenvalue weighted by Gasteiger charge is 2.19. The van der Waals surface area contributed by atoms with E-state index in [4.69, 9.17) is 23.2 Å². The molecule has 0 unspecified atom stereocenters. The molecule has 0 aromatic heterocycles. The molecule has 3 rings (SSSR count). The summed E-state index contributed by atoms with van der Waals surface area (Å²) in [7, 11) is 0. The van der Waals surface area contributed by atoms with Crippen molar-refractivity contribution < 1.29 is 9.72 Å². The van der Waals surface area contributed by atoms with Crippen molar-refractivity contribution in [2.75, 3.05) is 6.54 Å². The molecule has 0 saturated heterocycles. The summed E-state index contributed by atoms with van der Waals surface area (Å²) in [6, 6.07) is 18.9. The number of nitrogens with one attached hydrogen (secondary N) is 1. The van der Waals surface area contributed by atoms with Crippen LogP contribution in [0.2, 0.25) is 10.0 Å². The fourth-order valence-corrected chi connectivity index (χ4v) is 4.05. The molecule has 3 aromatic carbocycles. The van der Waals surface area contributed by atoms with Crippen LogP contribution in [0.3, 0.4) is 0 Å². The van der Waals surface area contributed by atoms with Gasteiger partial charge in [-0.3, -0.25) is 14.9 Å². The molecular weight excluding hydrogens is 431 g/mol. The molecule has 0 bridgehead atoms. The molecule has 0 radical (unpaired) electrons. The fourth-order valence-electron chi connectivity index (χ4n) is 2.65. The molecule has 0 aliphatic rings. The first-order valence-electron chi connectivity index (χ1n) is 8.68. The molecule has 0 heterocycles. The van der Waals surface area contributed by atoms with E-state index in [9.17, 15) is 14.9 Å². The number of nitrogens with zero attached hydrogens (tertiary/aromatic N) is 1. The van der Waals surface area contributed by atoms with E-state index >= 15 is 0 Å². The number of carbonyl (C=O) groups excluding carboxylic acids is 1. The molecule has 0 aliphatic heterocycles. The van der Waals surface area contributed by atoms with Crippen LogP contribution < -0.4 is 5.32 Å². The highest BCUT2D eigenvalue weighted by molar-refractivity contribution is 7.99. The number of nitro groups is 1. The van der Waals surface area contributed by atoms with Crippen LogP contribution in [0.25, 0.3) is 0 Å². The zero-order chi connectivity index (χ0) is 20.8. The van der Waals surface area contributed by atoms with Crippen molar-refractivity contribution in [2.45, 2.75) is 16.2 Å². The number of nitro benzene ring substituents is 1. The maximum atomic E-state index is 12.4. The summed E-state index contributed by atoms with van der Waals surface area (Å²) >= 11 is 13.4. The third-order valence-corrected chi connectivity index (χ3v) is 6.06. The monoisotopic (exact) mass is 446 g/mol. The predicted octanol–water partition coefficient (Wildman–Crippen LogP) is 6.03. The second kappa shape index (κ2) is 9.78. The standard InChI is InChI=1S/C21H16Cl2N2O3S/c22-16-6-2-1-5-14(16)11-12-24-21(26)15-9-10-20(18(13-15)25(27)28)29-19-8-4-3-7-17(19)23/h1-10,13H,11-12H2,(H,24,26). The molecule has 8 heteroatoms. The lowest BCUT2D eigenvalue weighted by Gasteiger charge is -2.09. The van der Waals surface area contributed by atoms with Crippen LogP contribution in [0.4, 0.5) is 5.69 Å². The van der Waals surface area contributed by atoms with Crippen molar-refractivity contribution in [1.29, 1.82) is 0 Å². The van der Waals surface area contributed by atoms with Gasteiger partial charge in [-0.05, 0) is 42.3 Å². The maximum absolute atomic E-state index is 12.4. The molecule has 0 fully saturated rings. The van der Waals surface area contributed by atoms with Crippen molar-refractivity contribution in [3.63, 3.8) is 0 Å². The van der Waals surface area contributed by atoms with Crippen molar-refractivity contribution in [3.05, 3.63) is 98.0 Å². The van der Waals surface area contributed by atoms with Gasteiger partial charge in [0.25, 0.3) is 11.6 Å². The summed E-state index contributed by atoms with van der Waals surface area (Å²) in [5.74, 6) is -0.380. The Balaban J connectivity index is 1.72. The Kier molecular flexibility index (Phi) is 7.14. The van der Waals surface area contributed by atoms with Crippen LogP contribution in [-0.4, -0.2) is 17.4 Å². The van der Waals surface area contributed by atoms with Gasteiger partial charge >= 0.3 is 0 Å². The van der Waals surface area contributed by atoms with E-state index in [2.05, 4.69) is 5.32 Å². The normalized spacial score (nSPS) is 10.6. The highest BCUT2D eigenvalue weighted by atomic mass is 35.5. The molecular formula is C21H16Cl2N2O3S. The van der Waals surface area contributed by atoms with Crippen LogP contribution >= 0.6 is 35.0 Å². The first-order chi connectivity index (χ1) is 14.0. The van der Waals surface area contributed by atoms with Gasteiger partial charge in [0.15, 0.2) is 0 Å². The highest BCUT2D eigenvalue weighted by Crippen LogP contribution is 2.38. The van der Waals surface area contributed by atoms with Gasteiger partial charge in [-0.2, -0.15) is 0 Å². The van der Waals surface area contributed by atoms with Crippen LogP contribution in [0.5, 0.6) is 0 Å². The van der Waals surface area contributed by atoms with Gasteiger partial charge in [0.1, 0.15) is 0 Å². The first kappa shape index (κ1) is 21.2. The fraction of sp³-hybridized carbons (Fsp3) is 0.0952. The summed E-state index contributed by atoms with van der Waals surface area (Å²) in [4.78, 5) is 24.6.